The first-order chi connectivity index (χ1) is 24.0. The van der Waals surface area contributed by atoms with Crippen molar-refractivity contribution in [1.29, 1.82) is 0 Å². The summed E-state index contributed by atoms with van der Waals surface area (Å²) >= 11 is 0. The number of aromatic nitrogens is 2. The van der Waals surface area contributed by atoms with Gasteiger partial charge in [-0.2, -0.15) is 0 Å². The van der Waals surface area contributed by atoms with E-state index in [1.807, 2.05) is 43.3 Å². The number of amides is 4. The van der Waals surface area contributed by atoms with Gasteiger partial charge in [0, 0.05) is 66.4 Å². The summed E-state index contributed by atoms with van der Waals surface area (Å²) in [7, 11) is -0.504. The molecular weight excluding hydrogens is 660 g/mol. The van der Waals surface area contributed by atoms with Crippen LogP contribution in [0.25, 0.3) is 21.9 Å². The molecule has 4 heterocycles. The highest BCUT2D eigenvalue weighted by atomic mass is 32.2. The van der Waals surface area contributed by atoms with Crippen molar-refractivity contribution < 1.29 is 32.3 Å². The Morgan fingerprint density at radius 3 is 2.68 bits per heavy atom. The number of hydrogen-bond donors (Lipinski definition) is 2. The number of carbonyl (C=O) groups is 3. The second-order valence-corrected chi connectivity index (χ2v) is 15.7. The molecule has 2 aromatic heterocycles. The SMILES string of the molecule is COc1ccc2c(OC3CC4C(=O)NC5(C(=O)NS(=O)(=O)C6CC6)CC5/C=C/CCCCN(C)C(=O)N4C3)nccc2c1-c1cnccc1C. The lowest BCUT2D eigenvalue weighted by Gasteiger charge is -2.30. The van der Waals surface area contributed by atoms with Crippen LogP contribution in [0.3, 0.4) is 0 Å². The van der Waals surface area contributed by atoms with Crippen LogP contribution in [0.15, 0.2) is 55.0 Å². The van der Waals surface area contributed by atoms with E-state index in [2.05, 4.69) is 20.0 Å². The fraction of sp³-hybridized carbons (Fsp3) is 0.472. The number of fused-ring (bicyclic) bond motifs is 3. The number of methoxy groups -OCH3 is 1. The van der Waals surface area contributed by atoms with Gasteiger partial charge in [0.05, 0.1) is 18.9 Å². The zero-order valence-corrected chi connectivity index (χ0v) is 29.2. The van der Waals surface area contributed by atoms with Gasteiger partial charge in [-0.05, 0) is 75.3 Å². The topological polar surface area (TPSA) is 160 Å². The second kappa shape index (κ2) is 13.2. The number of pyridine rings is 2. The summed E-state index contributed by atoms with van der Waals surface area (Å²) in [5.41, 5.74) is 1.36. The van der Waals surface area contributed by atoms with E-state index in [1.54, 1.807) is 37.6 Å². The summed E-state index contributed by atoms with van der Waals surface area (Å²) in [4.78, 5) is 53.5. The Hall–Kier alpha value is -4.72. The monoisotopic (exact) mass is 702 g/mol. The maximum absolute atomic E-state index is 14.1. The lowest BCUT2D eigenvalue weighted by Crippen LogP contribution is -2.57. The molecule has 50 heavy (non-hydrogen) atoms. The largest absolute Gasteiger partial charge is 0.496 e. The number of nitrogens with one attached hydrogen (secondary N) is 2. The summed E-state index contributed by atoms with van der Waals surface area (Å²) in [5, 5.41) is 3.88. The van der Waals surface area contributed by atoms with E-state index in [0.717, 1.165) is 46.7 Å². The van der Waals surface area contributed by atoms with Crippen molar-refractivity contribution in [2.75, 3.05) is 27.2 Å². The zero-order chi connectivity index (χ0) is 35.2. The number of ether oxygens (including phenoxy) is 2. The second-order valence-electron chi connectivity index (χ2n) is 13.8. The van der Waals surface area contributed by atoms with Crippen LogP contribution in [0.2, 0.25) is 0 Å². The lowest BCUT2D eigenvalue weighted by molar-refractivity contribution is -0.131. The summed E-state index contributed by atoms with van der Waals surface area (Å²) in [6, 6.07) is 6.27. The minimum atomic E-state index is -3.83. The predicted octanol–water partition coefficient (Wildman–Crippen LogP) is 3.71. The Labute approximate surface area is 291 Å². The molecule has 2 aliphatic heterocycles. The molecule has 2 aliphatic carbocycles. The molecule has 2 N–H and O–H groups in total. The van der Waals surface area contributed by atoms with Crippen LogP contribution in [0, 0.1) is 12.8 Å². The Morgan fingerprint density at radius 1 is 1.10 bits per heavy atom. The molecule has 0 bridgehead atoms. The summed E-state index contributed by atoms with van der Waals surface area (Å²) in [5.74, 6) is -0.619. The average Bonchev–Trinajstić information content (AvgIpc) is 4.02. The highest BCUT2D eigenvalue weighted by Crippen LogP contribution is 2.46. The fourth-order valence-corrected chi connectivity index (χ4v) is 8.49. The van der Waals surface area contributed by atoms with Crippen molar-refractivity contribution >= 4 is 38.6 Å². The van der Waals surface area contributed by atoms with Crippen LogP contribution in [0.4, 0.5) is 4.79 Å². The van der Waals surface area contributed by atoms with Gasteiger partial charge < -0.3 is 24.6 Å². The standard InChI is InChI=1S/C36H42N6O7S/c1-22-13-15-37-20-28(22)31-26-14-16-38-33(27(26)11-12-30(31)48-3)49-24-18-29-32(43)39-36(34(44)40-50(46,47)25-9-10-25)19-23(36)8-6-4-5-7-17-41(2)35(45)42(29)21-24/h6,8,11-16,20,23-25,29H,4-5,7,9-10,17-19,21H2,1-3H3,(H,39,43)(H,40,44)/b8-6+. The van der Waals surface area contributed by atoms with Gasteiger partial charge in [0.1, 0.15) is 23.4 Å². The van der Waals surface area contributed by atoms with E-state index >= 15 is 0 Å². The Bertz CT molecular complexity index is 1980. The Kier molecular flexibility index (Phi) is 8.91. The Balaban J connectivity index is 1.19. The molecule has 264 valence electrons. The van der Waals surface area contributed by atoms with E-state index in [4.69, 9.17) is 9.47 Å². The van der Waals surface area contributed by atoms with Gasteiger partial charge in [0.2, 0.25) is 21.8 Å². The first-order valence-corrected chi connectivity index (χ1v) is 18.7. The third kappa shape index (κ3) is 6.36. The quantitative estimate of drug-likeness (QED) is 0.350. The van der Waals surface area contributed by atoms with E-state index in [-0.39, 0.29) is 31.3 Å². The smallest absolute Gasteiger partial charge is 0.320 e. The number of allylic oxidation sites excluding steroid dienone is 1. The molecular formula is C36H42N6O7S. The third-order valence-corrected chi connectivity index (χ3v) is 12.1. The molecule has 4 atom stereocenters. The third-order valence-electron chi connectivity index (χ3n) is 10.3. The summed E-state index contributed by atoms with van der Waals surface area (Å²) < 4.78 is 39.9. The van der Waals surface area contributed by atoms with E-state index in [0.29, 0.717) is 31.0 Å². The van der Waals surface area contributed by atoms with E-state index in [9.17, 15) is 22.8 Å². The molecule has 1 saturated heterocycles. The minimum absolute atomic E-state index is 0.114. The molecule has 4 unspecified atom stereocenters. The molecule has 0 spiro atoms. The first kappa shape index (κ1) is 33.8. The van der Waals surface area contributed by atoms with Crippen LogP contribution in [-0.4, -0.2) is 96.2 Å². The highest BCUT2D eigenvalue weighted by Gasteiger charge is 2.62. The van der Waals surface area contributed by atoms with Gasteiger partial charge in [-0.3, -0.25) is 19.3 Å². The number of aryl methyl sites for hydroxylation is 1. The summed E-state index contributed by atoms with van der Waals surface area (Å²) in [6.07, 6.45) is 12.2. The first-order valence-electron chi connectivity index (χ1n) is 17.1. The van der Waals surface area contributed by atoms with Gasteiger partial charge in [-0.1, -0.05) is 12.2 Å². The normalized spacial score (nSPS) is 26.3. The molecule has 14 heteroatoms. The molecule has 0 radical (unpaired) electrons. The van der Waals surface area contributed by atoms with Crippen LogP contribution >= 0.6 is 0 Å². The molecule has 7 rings (SSSR count). The number of rotatable bonds is 7. The van der Waals surface area contributed by atoms with E-state index < -0.39 is 44.8 Å². The van der Waals surface area contributed by atoms with Gasteiger partial charge in [0.25, 0.3) is 5.91 Å². The van der Waals surface area contributed by atoms with Crippen LogP contribution in [-0.2, 0) is 19.6 Å². The van der Waals surface area contributed by atoms with Crippen molar-refractivity contribution in [3.8, 4) is 22.8 Å². The van der Waals surface area contributed by atoms with Crippen molar-refractivity contribution in [3.63, 3.8) is 0 Å². The van der Waals surface area contributed by atoms with Gasteiger partial charge in [-0.15, -0.1) is 0 Å². The number of carbonyl (C=O) groups excluding carboxylic acids is 3. The molecule has 3 aromatic rings. The number of urea groups is 1. The van der Waals surface area contributed by atoms with Crippen LogP contribution < -0.4 is 19.5 Å². The van der Waals surface area contributed by atoms with Gasteiger partial charge in [0.15, 0.2) is 0 Å². The molecule has 13 nitrogen and oxygen atoms in total. The highest BCUT2D eigenvalue weighted by molar-refractivity contribution is 7.91. The van der Waals surface area contributed by atoms with Crippen molar-refractivity contribution in [2.24, 2.45) is 5.92 Å². The fourth-order valence-electron chi connectivity index (χ4n) is 7.13. The van der Waals surface area contributed by atoms with Crippen molar-refractivity contribution in [3.05, 3.63) is 60.6 Å². The predicted molar refractivity (Wildman–Crippen MR) is 186 cm³/mol. The number of sulfonamides is 1. The number of benzene rings is 1. The molecule has 4 aliphatic rings. The summed E-state index contributed by atoms with van der Waals surface area (Å²) in [6.45, 7) is 2.63. The maximum atomic E-state index is 14.1. The average molecular weight is 703 g/mol. The minimum Gasteiger partial charge on any atom is -0.496 e. The van der Waals surface area contributed by atoms with Gasteiger partial charge in [-0.25, -0.2) is 18.2 Å². The van der Waals surface area contributed by atoms with E-state index in [1.165, 1.54) is 4.90 Å². The van der Waals surface area contributed by atoms with Crippen LogP contribution in [0.5, 0.6) is 11.6 Å². The number of nitrogens with zero attached hydrogens (tertiary/aromatic N) is 4. The van der Waals surface area contributed by atoms with Crippen molar-refractivity contribution in [1.82, 2.24) is 29.8 Å². The Morgan fingerprint density at radius 2 is 1.92 bits per heavy atom. The maximum Gasteiger partial charge on any atom is 0.320 e. The molecule has 1 aromatic carbocycles. The molecule has 3 fully saturated rings. The van der Waals surface area contributed by atoms with Crippen molar-refractivity contribution in [2.45, 2.75) is 74.8 Å². The van der Waals surface area contributed by atoms with Crippen LogP contribution in [0.1, 0.15) is 50.5 Å². The lowest BCUT2D eigenvalue weighted by atomic mass is 9.96. The molecule has 4 amide bonds. The molecule has 2 saturated carbocycles. The zero-order valence-electron chi connectivity index (χ0n) is 28.4. The van der Waals surface area contributed by atoms with Gasteiger partial charge >= 0.3 is 6.03 Å². The number of hydrogen-bond acceptors (Lipinski definition) is 9.